The lowest BCUT2D eigenvalue weighted by atomic mass is 9.97. The number of carbonyl (C=O) groups is 2. The first-order valence-corrected chi connectivity index (χ1v) is 7.59. The molecule has 13 nitrogen and oxygen atoms in total. The fourth-order valence-electron chi connectivity index (χ4n) is 3.13. The van der Waals surface area contributed by atoms with Crippen LogP contribution in [0.4, 0.5) is 5.82 Å². The van der Waals surface area contributed by atoms with E-state index in [0.717, 1.165) is 6.08 Å². The van der Waals surface area contributed by atoms with Crippen molar-refractivity contribution in [1.82, 2.24) is 19.5 Å². The maximum Gasteiger partial charge on any atom is 0.343 e. The van der Waals surface area contributed by atoms with Gasteiger partial charge < -0.3 is 35.6 Å². The lowest BCUT2D eigenvalue weighted by molar-refractivity contribution is -0.190. The van der Waals surface area contributed by atoms with E-state index in [2.05, 4.69) is 15.0 Å². The van der Waals surface area contributed by atoms with Crippen LogP contribution in [0.2, 0.25) is 0 Å². The van der Waals surface area contributed by atoms with Crippen molar-refractivity contribution in [2.24, 2.45) is 0 Å². The SMILES string of the molecule is Nc1ncnc2c1ncn2[C@@H]1OC2=C[C@](C(=O)O)([C@@H](O)C(=O)O)O[C@H]2[C@H]1O. The molecule has 4 rings (SSSR count). The number of aromatic nitrogens is 4. The van der Waals surface area contributed by atoms with E-state index >= 15 is 0 Å². The molecule has 6 N–H and O–H groups in total. The summed E-state index contributed by atoms with van der Waals surface area (Å²) in [4.78, 5) is 34.5. The molecular formula is C14H13N5O8. The zero-order valence-electron chi connectivity index (χ0n) is 13.3. The summed E-state index contributed by atoms with van der Waals surface area (Å²) in [5, 5.41) is 38.7. The highest BCUT2D eigenvalue weighted by Gasteiger charge is 2.60. The van der Waals surface area contributed by atoms with Crippen molar-refractivity contribution in [2.45, 2.75) is 30.1 Å². The number of fused-ring (bicyclic) bond motifs is 2. The molecule has 13 heteroatoms. The molecule has 2 aliphatic rings. The third-order valence-corrected chi connectivity index (χ3v) is 4.45. The van der Waals surface area contributed by atoms with Gasteiger partial charge in [0.15, 0.2) is 17.6 Å². The molecule has 27 heavy (non-hydrogen) atoms. The van der Waals surface area contributed by atoms with Crippen molar-refractivity contribution in [1.29, 1.82) is 0 Å². The third-order valence-electron chi connectivity index (χ3n) is 4.45. The highest BCUT2D eigenvalue weighted by atomic mass is 16.6. The van der Waals surface area contributed by atoms with Gasteiger partial charge >= 0.3 is 11.9 Å². The van der Waals surface area contributed by atoms with Crippen LogP contribution < -0.4 is 5.73 Å². The first-order valence-electron chi connectivity index (χ1n) is 7.59. The second-order valence-electron chi connectivity index (χ2n) is 6.01. The van der Waals surface area contributed by atoms with Gasteiger partial charge in [-0.05, 0) is 0 Å². The van der Waals surface area contributed by atoms with Gasteiger partial charge in [-0.2, -0.15) is 0 Å². The van der Waals surface area contributed by atoms with Gasteiger partial charge in [0.05, 0.1) is 0 Å². The molecule has 2 aromatic rings. The molecule has 2 aromatic heterocycles. The van der Waals surface area contributed by atoms with E-state index in [1.807, 2.05) is 0 Å². The molecule has 0 aromatic carbocycles. The first-order chi connectivity index (χ1) is 12.8. The van der Waals surface area contributed by atoms with Crippen LogP contribution >= 0.6 is 0 Å². The zero-order chi connectivity index (χ0) is 19.5. The summed E-state index contributed by atoms with van der Waals surface area (Å²) in [6.07, 6.45) is -2.89. The summed E-state index contributed by atoms with van der Waals surface area (Å²) < 4.78 is 12.2. The number of hydrogen-bond acceptors (Lipinski definition) is 10. The molecule has 0 spiro atoms. The van der Waals surface area contributed by atoms with Crippen LogP contribution in [-0.2, 0) is 19.1 Å². The molecule has 0 amide bonds. The number of aliphatic hydroxyl groups excluding tert-OH is 2. The van der Waals surface area contributed by atoms with Crippen LogP contribution in [0.5, 0.6) is 0 Å². The maximum absolute atomic E-state index is 11.6. The van der Waals surface area contributed by atoms with Gasteiger partial charge in [-0.1, -0.05) is 0 Å². The van der Waals surface area contributed by atoms with E-state index in [9.17, 15) is 24.9 Å². The Morgan fingerprint density at radius 3 is 2.67 bits per heavy atom. The van der Waals surface area contributed by atoms with Gasteiger partial charge in [-0.15, -0.1) is 0 Å². The molecule has 0 saturated carbocycles. The molecule has 0 radical (unpaired) electrons. The minimum absolute atomic E-state index is 0.122. The summed E-state index contributed by atoms with van der Waals surface area (Å²) in [5.74, 6) is -3.54. The summed E-state index contributed by atoms with van der Waals surface area (Å²) in [6.45, 7) is 0. The Balaban J connectivity index is 1.72. The van der Waals surface area contributed by atoms with Gasteiger partial charge in [-0.3, -0.25) is 4.57 Å². The molecule has 142 valence electrons. The second kappa shape index (κ2) is 5.60. The summed E-state index contributed by atoms with van der Waals surface area (Å²) in [7, 11) is 0. The Bertz CT molecular complexity index is 989. The van der Waals surface area contributed by atoms with Crippen LogP contribution in [0.15, 0.2) is 24.5 Å². The standard InChI is InChI=1S/C14H13N5O8/c15-9-5-10(17-2-16-9)19(3-18-5)11-6(20)7-4(26-11)1-14(27-7,13(24)25)8(21)12(22)23/h1-3,6-8,11,20-21H,(H,22,23)(H,24,25)(H2,15,16,17)/t6-,7-,8+,11-,14-/m1/s1. The molecular weight excluding hydrogens is 366 g/mol. The number of nitrogens with zero attached hydrogens (tertiary/aromatic N) is 4. The lowest BCUT2D eigenvalue weighted by Gasteiger charge is -2.28. The van der Waals surface area contributed by atoms with Crippen LogP contribution in [0.3, 0.4) is 0 Å². The predicted molar refractivity (Wildman–Crippen MR) is 82.8 cm³/mol. The molecule has 1 fully saturated rings. The summed E-state index contributed by atoms with van der Waals surface area (Å²) >= 11 is 0. The monoisotopic (exact) mass is 379 g/mol. The number of carboxylic acids is 2. The molecule has 0 aliphatic carbocycles. The summed E-state index contributed by atoms with van der Waals surface area (Å²) in [6, 6.07) is 0. The zero-order valence-corrected chi connectivity index (χ0v) is 13.3. The van der Waals surface area contributed by atoms with Gasteiger partial charge in [0.25, 0.3) is 0 Å². The maximum atomic E-state index is 11.6. The van der Waals surface area contributed by atoms with Crippen molar-refractivity contribution < 1.29 is 39.5 Å². The third kappa shape index (κ3) is 2.26. The Hall–Kier alpha value is -3.29. The Morgan fingerprint density at radius 2 is 2.04 bits per heavy atom. The number of nitrogens with two attached hydrogens (primary N) is 1. The molecule has 0 bridgehead atoms. The van der Waals surface area contributed by atoms with Crippen molar-refractivity contribution in [3.8, 4) is 0 Å². The van der Waals surface area contributed by atoms with E-state index in [4.69, 9.17) is 20.3 Å². The topological polar surface area (TPSA) is 203 Å². The molecule has 4 heterocycles. The second-order valence-corrected chi connectivity index (χ2v) is 6.01. The van der Waals surface area contributed by atoms with E-state index in [1.54, 1.807) is 0 Å². The number of nitrogen functional groups attached to an aromatic ring is 1. The smallest absolute Gasteiger partial charge is 0.343 e. The largest absolute Gasteiger partial charge is 0.479 e. The minimum atomic E-state index is -2.58. The number of rotatable bonds is 4. The van der Waals surface area contributed by atoms with Crippen molar-refractivity contribution in [2.75, 3.05) is 5.73 Å². The molecule has 0 unspecified atom stereocenters. The highest BCUT2D eigenvalue weighted by molar-refractivity contribution is 5.90. The summed E-state index contributed by atoms with van der Waals surface area (Å²) in [5.41, 5.74) is 3.67. The average Bonchev–Trinajstić information content (AvgIpc) is 3.28. The van der Waals surface area contributed by atoms with Crippen LogP contribution in [0.25, 0.3) is 11.2 Å². The Morgan fingerprint density at radius 1 is 1.30 bits per heavy atom. The van der Waals surface area contributed by atoms with E-state index in [0.29, 0.717) is 0 Å². The fourth-order valence-corrected chi connectivity index (χ4v) is 3.13. The van der Waals surface area contributed by atoms with Crippen molar-refractivity contribution in [3.63, 3.8) is 0 Å². The molecule has 5 atom stereocenters. The Kier molecular flexibility index (Phi) is 3.56. The van der Waals surface area contributed by atoms with E-state index in [-0.39, 0.29) is 22.7 Å². The molecule has 2 aliphatic heterocycles. The first kappa shape index (κ1) is 17.1. The minimum Gasteiger partial charge on any atom is -0.479 e. The van der Waals surface area contributed by atoms with Gasteiger partial charge in [0.1, 0.15) is 36.1 Å². The van der Waals surface area contributed by atoms with E-state index in [1.165, 1.54) is 17.2 Å². The van der Waals surface area contributed by atoms with Gasteiger partial charge in [0, 0.05) is 6.08 Å². The Labute approximate surface area is 149 Å². The van der Waals surface area contributed by atoms with Crippen LogP contribution in [0.1, 0.15) is 6.23 Å². The average molecular weight is 379 g/mol. The number of aliphatic carboxylic acids is 2. The normalized spacial score (nSPS) is 30.6. The van der Waals surface area contributed by atoms with Gasteiger partial charge in [0.2, 0.25) is 11.8 Å². The van der Waals surface area contributed by atoms with Crippen LogP contribution in [-0.4, -0.2) is 75.8 Å². The quantitative estimate of drug-likeness (QED) is 0.386. The molecule has 1 saturated heterocycles. The van der Waals surface area contributed by atoms with E-state index < -0.39 is 42.1 Å². The highest BCUT2D eigenvalue weighted by Crippen LogP contribution is 2.44. The van der Waals surface area contributed by atoms with Crippen molar-refractivity contribution >= 4 is 28.9 Å². The number of ether oxygens (including phenoxy) is 2. The number of carboxylic acid groups (broad SMARTS) is 2. The van der Waals surface area contributed by atoms with Crippen LogP contribution in [0, 0.1) is 0 Å². The number of anilines is 1. The fraction of sp³-hybridized carbons (Fsp3) is 0.357. The number of aliphatic hydroxyl groups is 2. The number of imidazole rings is 1. The number of hydrogen-bond donors (Lipinski definition) is 5. The van der Waals surface area contributed by atoms with Crippen molar-refractivity contribution in [3.05, 3.63) is 24.5 Å². The lowest BCUT2D eigenvalue weighted by Crippen LogP contribution is -2.54. The van der Waals surface area contributed by atoms with Gasteiger partial charge in [-0.25, -0.2) is 24.5 Å². The predicted octanol–water partition coefficient (Wildman–Crippen LogP) is -2.15.